The number of aliphatic hydroxyl groups is 1. The smallest absolute Gasteiger partial charge is 0.129 e. The molecule has 0 saturated carbocycles. The molecular formula is C15H16Cl3NO2. The van der Waals surface area contributed by atoms with Crippen LogP contribution in [0.1, 0.15) is 18.0 Å². The molecule has 1 atom stereocenters. The molecule has 0 aliphatic heterocycles. The van der Waals surface area contributed by atoms with Crippen molar-refractivity contribution in [1.29, 1.82) is 0 Å². The van der Waals surface area contributed by atoms with Crippen LogP contribution < -0.4 is 10.5 Å². The van der Waals surface area contributed by atoms with Crippen molar-refractivity contribution in [3.63, 3.8) is 0 Å². The van der Waals surface area contributed by atoms with Gasteiger partial charge in [-0.1, -0.05) is 35.3 Å². The average molecular weight is 349 g/mol. The Kier molecular flexibility index (Phi) is 7.29. The normalized spacial score (nSPS) is 11.6. The second-order valence-corrected chi connectivity index (χ2v) is 5.18. The van der Waals surface area contributed by atoms with Crippen molar-refractivity contribution in [2.24, 2.45) is 5.73 Å². The molecule has 0 radical (unpaired) electrons. The Morgan fingerprint density at radius 1 is 1.05 bits per heavy atom. The van der Waals surface area contributed by atoms with E-state index < -0.39 is 0 Å². The highest BCUT2D eigenvalue weighted by molar-refractivity contribution is 6.42. The molecule has 0 aliphatic carbocycles. The zero-order valence-corrected chi connectivity index (χ0v) is 13.5. The predicted molar refractivity (Wildman–Crippen MR) is 88.9 cm³/mol. The molecule has 2 aromatic carbocycles. The van der Waals surface area contributed by atoms with E-state index in [0.29, 0.717) is 28.0 Å². The zero-order chi connectivity index (χ0) is 14.5. The van der Waals surface area contributed by atoms with Gasteiger partial charge in [-0.15, -0.1) is 12.4 Å². The van der Waals surface area contributed by atoms with E-state index in [-0.39, 0.29) is 25.1 Å². The number of rotatable bonds is 5. The first-order valence-corrected chi connectivity index (χ1v) is 6.95. The molecule has 21 heavy (non-hydrogen) atoms. The van der Waals surface area contributed by atoms with Crippen molar-refractivity contribution in [1.82, 2.24) is 0 Å². The van der Waals surface area contributed by atoms with Crippen LogP contribution in [0.25, 0.3) is 0 Å². The third-order valence-corrected chi connectivity index (χ3v) is 3.59. The number of nitrogens with two attached hydrogens (primary N) is 1. The molecule has 6 heteroatoms. The summed E-state index contributed by atoms with van der Waals surface area (Å²) < 4.78 is 5.72. The highest BCUT2D eigenvalue weighted by atomic mass is 35.5. The molecule has 114 valence electrons. The Bertz CT molecular complexity index is 593. The van der Waals surface area contributed by atoms with E-state index in [1.54, 1.807) is 18.2 Å². The third kappa shape index (κ3) is 5.06. The van der Waals surface area contributed by atoms with Crippen LogP contribution in [0.4, 0.5) is 0 Å². The molecule has 2 aromatic rings. The minimum absolute atomic E-state index is 0. The van der Waals surface area contributed by atoms with Crippen LogP contribution in [0.2, 0.25) is 10.0 Å². The maximum absolute atomic E-state index is 8.92. The van der Waals surface area contributed by atoms with Gasteiger partial charge in [0.05, 0.1) is 10.0 Å². The summed E-state index contributed by atoms with van der Waals surface area (Å²) in [6.07, 6.45) is 0.510. The summed E-state index contributed by atoms with van der Waals surface area (Å²) in [5.74, 6) is 1.27. The zero-order valence-electron chi connectivity index (χ0n) is 11.1. The molecule has 3 N–H and O–H groups in total. The summed E-state index contributed by atoms with van der Waals surface area (Å²) in [6, 6.07) is 12.3. The standard InChI is InChI=1S/C15H15Cl2NO2.ClH/c16-13-5-4-12(9-14(13)17)20-11-3-1-2-10(8-11)15(18)6-7-19;/h1-5,8-9,15,19H,6-7,18H2;1H. The number of ether oxygens (including phenoxy) is 1. The molecule has 0 aromatic heterocycles. The predicted octanol–water partition coefficient (Wildman–Crippen LogP) is 4.59. The van der Waals surface area contributed by atoms with Gasteiger partial charge >= 0.3 is 0 Å². The van der Waals surface area contributed by atoms with E-state index in [1.165, 1.54) is 0 Å². The first kappa shape index (κ1) is 18.1. The third-order valence-electron chi connectivity index (χ3n) is 2.85. The molecule has 0 heterocycles. The lowest BCUT2D eigenvalue weighted by atomic mass is 10.1. The highest BCUT2D eigenvalue weighted by Gasteiger charge is 2.07. The van der Waals surface area contributed by atoms with Gasteiger partial charge in [0.1, 0.15) is 11.5 Å². The van der Waals surface area contributed by atoms with Crippen LogP contribution in [0.3, 0.4) is 0 Å². The van der Waals surface area contributed by atoms with Gasteiger partial charge in [-0.2, -0.15) is 0 Å². The molecule has 0 amide bonds. The fraction of sp³-hybridized carbons (Fsp3) is 0.200. The van der Waals surface area contributed by atoms with Crippen LogP contribution in [0, 0.1) is 0 Å². The monoisotopic (exact) mass is 347 g/mol. The molecule has 0 aliphatic rings. The fourth-order valence-electron chi connectivity index (χ4n) is 1.79. The van der Waals surface area contributed by atoms with Gasteiger partial charge in [0.2, 0.25) is 0 Å². The molecule has 3 nitrogen and oxygen atoms in total. The molecule has 0 fully saturated rings. The maximum Gasteiger partial charge on any atom is 0.129 e. The van der Waals surface area contributed by atoms with Gasteiger partial charge in [-0.05, 0) is 36.2 Å². The topological polar surface area (TPSA) is 55.5 Å². The molecule has 1 unspecified atom stereocenters. The second-order valence-electron chi connectivity index (χ2n) is 4.37. The summed E-state index contributed by atoms with van der Waals surface area (Å²) in [5, 5.41) is 9.85. The van der Waals surface area contributed by atoms with Crippen LogP contribution in [-0.4, -0.2) is 11.7 Å². The fourth-order valence-corrected chi connectivity index (χ4v) is 2.08. The summed E-state index contributed by atoms with van der Waals surface area (Å²) >= 11 is 11.8. The van der Waals surface area contributed by atoms with Crippen molar-refractivity contribution < 1.29 is 9.84 Å². The second kappa shape index (κ2) is 8.47. The molecular weight excluding hydrogens is 333 g/mol. The van der Waals surface area contributed by atoms with E-state index in [0.717, 1.165) is 5.56 Å². The highest BCUT2D eigenvalue weighted by Crippen LogP contribution is 2.30. The number of halogens is 3. The number of hydrogen-bond acceptors (Lipinski definition) is 3. The number of benzene rings is 2. The van der Waals surface area contributed by atoms with E-state index in [4.69, 9.17) is 38.8 Å². The Balaban J connectivity index is 0.00000220. The van der Waals surface area contributed by atoms with Gasteiger partial charge in [0.15, 0.2) is 0 Å². The first-order chi connectivity index (χ1) is 9.60. The lowest BCUT2D eigenvalue weighted by molar-refractivity contribution is 0.276. The quantitative estimate of drug-likeness (QED) is 0.831. The van der Waals surface area contributed by atoms with Crippen molar-refractivity contribution in [2.75, 3.05) is 6.61 Å². The molecule has 0 saturated heterocycles. The lowest BCUT2D eigenvalue weighted by Crippen LogP contribution is -2.11. The minimum Gasteiger partial charge on any atom is -0.457 e. The summed E-state index contributed by atoms with van der Waals surface area (Å²) in [6.45, 7) is 0.0546. The van der Waals surface area contributed by atoms with Gasteiger partial charge in [0.25, 0.3) is 0 Å². The lowest BCUT2D eigenvalue weighted by Gasteiger charge is -2.12. The Labute approximate surface area is 140 Å². The van der Waals surface area contributed by atoms with Crippen LogP contribution in [0.15, 0.2) is 42.5 Å². The first-order valence-electron chi connectivity index (χ1n) is 6.19. The van der Waals surface area contributed by atoms with Gasteiger partial charge in [-0.25, -0.2) is 0 Å². The van der Waals surface area contributed by atoms with Crippen molar-refractivity contribution in [2.45, 2.75) is 12.5 Å². The Morgan fingerprint density at radius 3 is 2.43 bits per heavy atom. The molecule has 0 spiro atoms. The van der Waals surface area contributed by atoms with Crippen molar-refractivity contribution in [3.05, 3.63) is 58.1 Å². The van der Waals surface area contributed by atoms with E-state index in [2.05, 4.69) is 0 Å². The van der Waals surface area contributed by atoms with Gasteiger partial charge < -0.3 is 15.6 Å². The maximum atomic E-state index is 8.92. The van der Waals surface area contributed by atoms with Crippen molar-refractivity contribution in [3.8, 4) is 11.5 Å². The van der Waals surface area contributed by atoms with Crippen LogP contribution in [-0.2, 0) is 0 Å². The van der Waals surface area contributed by atoms with E-state index in [9.17, 15) is 0 Å². The average Bonchev–Trinajstić information content (AvgIpc) is 2.43. The minimum atomic E-state index is -0.211. The van der Waals surface area contributed by atoms with E-state index in [1.807, 2.05) is 24.3 Å². The van der Waals surface area contributed by atoms with Gasteiger partial charge in [-0.3, -0.25) is 0 Å². The van der Waals surface area contributed by atoms with Crippen LogP contribution >= 0.6 is 35.6 Å². The summed E-state index contributed by atoms with van der Waals surface area (Å²) in [7, 11) is 0. The SMILES string of the molecule is Cl.NC(CCO)c1cccc(Oc2ccc(Cl)c(Cl)c2)c1. The van der Waals surface area contributed by atoms with Crippen LogP contribution in [0.5, 0.6) is 11.5 Å². The summed E-state index contributed by atoms with van der Waals surface area (Å²) in [4.78, 5) is 0. The molecule has 0 bridgehead atoms. The van der Waals surface area contributed by atoms with E-state index >= 15 is 0 Å². The number of aliphatic hydroxyl groups excluding tert-OH is 1. The Hall–Kier alpha value is -0.970. The van der Waals surface area contributed by atoms with Crippen molar-refractivity contribution >= 4 is 35.6 Å². The Morgan fingerprint density at radius 2 is 1.76 bits per heavy atom. The van der Waals surface area contributed by atoms with Gasteiger partial charge in [0, 0.05) is 18.7 Å². The summed E-state index contributed by atoms with van der Waals surface area (Å²) in [5.41, 5.74) is 6.87. The number of hydrogen-bond donors (Lipinski definition) is 2. The largest absolute Gasteiger partial charge is 0.457 e. The molecule has 2 rings (SSSR count).